The zero-order valence-corrected chi connectivity index (χ0v) is 14.2. The lowest BCUT2D eigenvalue weighted by molar-refractivity contribution is -0.121. The summed E-state index contributed by atoms with van der Waals surface area (Å²) in [6.45, 7) is 3.89. The van der Waals surface area contributed by atoms with Crippen molar-refractivity contribution in [3.05, 3.63) is 65.2 Å². The fraction of sp³-hybridized carbons (Fsp3) is 0.381. The minimum Gasteiger partial charge on any atom is -0.367 e. The van der Waals surface area contributed by atoms with Gasteiger partial charge in [-0.25, -0.2) is 0 Å². The molecule has 1 saturated carbocycles. The molecule has 0 spiro atoms. The number of amides is 1. The predicted octanol–water partition coefficient (Wildman–Crippen LogP) is 3.42. The van der Waals surface area contributed by atoms with Crippen LogP contribution >= 0.6 is 0 Å². The van der Waals surface area contributed by atoms with E-state index in [1.54, 1.807) is 0 Å². The molecule has 2 aromatic rings. The maximum atomic E-state index is 12.2. The van der Waals surface area contributed by atoms with E-state index >= 15 is 0 Å². The summed E-state index contributed by atoms with van der Waals surface area (Å²) in [5.41, 5.74) is 5.04. The summed E-state index contributed by atoms with van der Waals surface area (Å²) >= 11 is 0. The van der Waals surface area contributed by atoms with Gasteiger partial charge in [-0.3, -0.25) is 4.79 Å². The van der Waals surface area contributed by atoms with Gasteiger partial charge in [-0.1, -0.05) is 42.0 Å². The molecule has 3 nitrogen and oxygen atoms in total. The van der Waals surface area contributed by atoms with E-state index in [1.807, 2.05) is 0 Å². The van der Waals surface area contributed by atoms with Crippen LogP contribution in [-0.2, 0) is 11.2 Å². The second kappa shape index (κ2) is 6.31. The zero-order chi connectivity index (χ0) is 16.5. The van der Waals surface area contributed by atoms with E-state index in [0.29, 0.717) is 6.42 Å². The first-order chi connectivity index (χ1) is 11.7. The van der Waals surface area contributed by atoms with Gasteiger partial charge in [0.2, 0.25) is 5.91 Å². The molecule has 0 radical (unpaired) electrons. The normalized spacial score (nSPS) is 17.5. The van der Waals surface area contributed by atoms with Gasteiger partial charge in [0, 0.05) is 18.8 Å². The number of hydrogen-bond acceptors (Lipinski definition) is 2. The van der Waals surface area contributed by atoms with Gasteiger partial charge < -0.3 is 10.2 Å². The highest BCUT2D eigenvalue weighted by Crippen LogP contribution is 2.39. The van der Waals surface area contributed by atoms with Crippen molar-refractivity contribution in [2.24, 2.45) is 0 Å². The van der Waals surface area contributed by atoms with Crippen LogP contribution in [0.1, 0.15) is 35.4 Å². The molecule has 4 rings (SSSR count). The second-order valence-electron chi connectivity index (χ2n) is 7.20. The minimum absolute atomic E-state index is 0.128. The van der Waals surface area contributed by atoms with E-state index in [-0.39, 0.29) is 11.9 Å². The highest BCUT2D eigenvalue weighted by Gasteiger charge is 2.28. The van der Waals surface area contributed by atoms with E-state index in [1.165, 1.54) is 29.7 Å². The standard InChI is InChI=1S/C21H24N2O/c1-15-2-10-20(11-3-15)23-13-19(14-23)22-21(24)12-16-4-6-17(7-5-16)18-8-9-18/h2-7,10-11,18-19H,8-9,12-14H2,1H3,(H,22,24). The first-order valence-corrected chi connectivity index (χ1v) is 8.87. The van der Waals surface area contributed by atoms with E-state index in [0.717, 1.165) is 24.6 Å². The van der Waals surface area contributed by atoms with Crippen molar-refractivity contribution in [3.8, 4) is 0 Å². The smallest absolute Gasteiger partial charge is 0.224 e. The Labute approximate surface area is 143 Å². The average Bonchev–Trinajstić information content (AvgIpc) is 3.37. The third kappa shape index (κ3) is 3.45. The number of nitrogens with zero attached hydrogens (tertiary/aromatic N) is 1. The van der Waals surface area contributed by atoms with E-state index in [9.17, 15) is 4.79 Å². The lowest BCUT2D eigenvalue weighted by atomic mass is 10.0. The van der Waals surface area contributed by atoms with Crippen LogP contribution in [0.15, 0.2) is 48.5 Å². The molecule has 1 saturated heterocycles. The molecule has 1 aliphatic heterocycles. The van der Waals surface area contributed by atoms with Crippen molar-refractivity contribution in [3.63, 3.8) is 0 Å². The Kier molecular flexibility index (Phi) is 4.01. The van der Waals surface area contributed by atoms with Gasteiger partial charge in [0.15, 0.2) is 0 Å². The summed E-state index contributed by atoms with van der Waals surface area (Å²) in [5.74, 6) is 0.901. The molecular weight excluding hydrogens is 296 g/mol. The van der Waals surface area contributed by atoms with Gasteiger partial charge in [0.05, 0.1) is 12.5 Å². The molecule has 0 aromatic heterocycles. The molecule has 1 heterocycles. The summed E-state index contributed by atoms with van der Waals surface area (Å²) in [6, 6.07) is 17.4. The first kappa shape index (κ1) is 15.3. The second-order valence-corrected chi connectivity index (χ2v) is 7.20. The van der Waals surface area contributed by atoms with Crippen LogP contribution in [-0.4, -0.2) is 25.0 Å². The Hall–Kier alpha value is -2.29. The van der Waals surface area contributed by atoms with Crippen molar-refractivity contribution in [1.82, 2.24) is 5.32 Å². The van der Waals surface area contributed by atoms with Crippen molar-refractivity contribution in [2.45, 2.75) is 38.1 Å². The number of rotatable bonds is 5. The first-order valence-electron chi connectivity index (χ1n) is 8.87. The van der Waals surface area contributed by atoms with Crippen LogP contribution in [0.3, 0.4) is 0 Å². The fourth-order valence-electron chi connectivity index (χ4n) is 3.32. The maximum Gasteiger partial charge on any atom is 0.224 e. The van der Waals surface area contributed by atoms with Crippen molar-refractivity contribution in [2.75, 3.05) is 18.0 Å². The number of carbonyl (C=O) groups is 1. The fourth-order valence-corrected chi connectivity index (χ4v) is 3.32. The molecule has 24 heavy (non-hydrogen) atoms. The van der Waals surface area contributed by atoms with Crippen LogP contribution in [0.4, 0.5) is 5.69 Å². The molecule has 1 amide bonds. The van der Waals surface area contributed by atoms with Crippen LogP contribution in [0, 0.1) is 6.92 Å². The predicted molar refractivity (Wildman–Crippen MR) is 97.4 cm³/mol. The Balaban J connectivity index is 1.24. The van der Waals surface area contributed by atoms with E-state index in [2.05, 4.69) is 65.7 Å². The summed E-state index contributed by atoms with van der Waals surface area (Å²) in [7, 11) is 0. The summed E-state index contributed by atoms with van der Waals surface area (Å²) in [6.07, 6.45) is 3.12. The van der Waals surface area contributed by atoms with E-state index < -0.39 is 0 Å². The van der Waals surface area contributed by atoms with Gasteiger partial charge in [-0.2, -0.15) is 0 Å². The van der Waals surface area contributed by atoms with Crippen LogP contribution in [0.5, 0.6) is 0 Å². The molecule has 2 aliphatic rings. The van der Waals surface area contributed by atoms with Crippen LogP contribution < -0.4 is 10.2 Å². The van der Waals surface area contributed by atoms with Gasteiger partial charge in [0.25, 0.3) is 0 Å². The van der Waals surface area contributed by atoms with Crippen molar-refractivity contribution < 1.29 is 4.79 Å². The molecule has 2 aromatic carbocycles. The number of hydrogen-bond donors (Lipinski definition) is 1. The quantitative estimate of drug-likeness (QED) is 0.915. The molecule has 2 fully saturated rings. The maximum absolute atomic E-state index is 12.2. The molecular formula is C21H24N2O. The largest absolute Gasteiger partial charge is 0.367 e. The molecule has 124 valence electrons. The zero-order valence-electron chi connectivity index (χ0n) is 14.2. The number of aryl methyl sites for hydroxylation is 1. The molecule has 0 bridgehead atoms. The average molecular weight is 320 g/mol. The van der Waals surface area contributed by atoms with Gasteiger partial charge in [-0.05, 0) is 48.9 Å². The Morgan fingerprint density at radius 3 is 2.33 bits per heavy atom. The van der Waals surface area contributed by atoms with Gasteiger partial charge in [0.1, 0.15) is 0 Å². The van der Waals surface area contributed by atoms with Gasteiger partial charge >= 0.3 is 0 Å². The number of carbonyl (C=O) groups excluding carboxylic acids is 1. The highest BCUT2D eigenvalue weighted by atomic mass is 16.1. The van der Waals surface area contributed by atoms with Crippen molar-refractivity contribution in [1.29, 1.82) is 0 Å². The number of nitrogens with one attached hydrogen (secondary N) is 1. The number of benzene rings is 2. The monoisotopic (exact) mass is 320 g/mol. The van der Waals surface area contributed by atoms with Gasteiger partial charge in [-0.15, -0.1) is 0 Å². The third-order valence-corrected chi connectivity index (χ3v) is 5.04. The Morgan fingerprint density at radius 2 is 1.71 bits per heavy atom. The van der Waals surface area contributed by atoms with Crippen molar-refractivity contribution >= 4 is 11.6 Å². The molecule has 3 heteroatoms. The summed E-state index contributed by atoms with van der Waals surface area (Å²) < 4.78 is 0. The Morgan fingerprint density at radius 1 is 1.04 bits per heavy atom. The topological polar surface area (TPSA) is 32.3 Å². The lowest BCUT2D eigenvalue weighted by Gasteiger charge is -2.41. The lowest BCUT2D eigenvalue weighted by Crippen LogP contribution is -2.59. The minimum atomic E-state index is 0.128. The molecule has 1 aliphatic carbocycles. The number of anilines is 1. The van der Waals surface area contributed by atoms with Crippen LogP contribution in [0.25, 0.3) is 0 Å². The highest BCUT2D eigenvalue weighted by molar-refractivity contribution is 5.79. The Bertz CT molecular complexity index is 711. The molecule has 0 unspecified atom stereocenters. The SMILES string of the molecule is Cc1ccc(N2CC(NC(=O)Cc3ccc(C4CC4)cc3)C2)cc1. The summed E-state index contributed by atoms with van der Waals surface area (Å²) in [5, 5.41) is 3.15. The third-order valence-electron chi connectivity index (χ3n) is 5.04. The van der Waals surface area contributed by atoms with Crippen LogP contribution in [0.2, 0.25) is 0 Å². The van der Waals surface area contributed by atoms with E-state index in [4.69, 9.17) is 0 Å². The molecule has 1 N–H and O–H groups in total. The molecule has 0 atom stereocenters. The summed E-state index contributed by atoms with van der Waals surface area (Å²) in [4.78, 5) is 14.5.